The van der Waals surface area contributed by atoms with Crippen LogP contribution in [0.1, 0.15) is 18.5 Å². The first-order valence-corrected chi connectivity index (χ1v) is 5.39. The molecule has 0 aromatic carbocycles. The van der Waals surface area contributed by atoms with E-state index in [9.17, 15) is 9.65 Å². The van der Waals surface area contributed by atoms with Crippen molar-refractivity contribution in [1.29, 1.82) is 5.26 Å². The van der Waals surface area contributed by atoms with Crippen LogP contribution in [0.2, 0.25) is 0 Å². The van der Waals surface area contributed by atoms with Crippen LogP contribution in [-0.2, 0) is 5.41 Å². The maximum Gasteiger partial charge on any atom is 0.146 e. The van der Waals surface area contributed by atoms with Gasteiger partial charge in [0.25, 0.3) is 0 Å². The van der Waals surface area contributed by atoms with Crippen molar-refractivity contribution < 1.29 is 4.39 Å². The van der Waals surface area contributed by atoms with Gasteiger partial charge in [0.1, 0.15) is 11.2 Å². The van der Waals surface area contributed by atoms with E-state index < -0.39 is 5.41 Å². The van der Waals surface area contributed by atoms with Crippen molar-refractivity contribution in [3.05, 3.63) is 29.8 Å². The van der Waals surface area contributed by atoms with Crippen molar-refractivity contribution in [1.82, 2.24) is 9.88 Å². The molecule has 0 spiro atoms. The Morgan fingerprint density at radius 2 is 2.19 bits per heavy atom. The van der Waals surface area contributed by atoms with Gasteiger partial charge in [-0.1, -0.05) is 0 Å². The lowest BCUT2D eigenvalue weighted by molar-refractivity contribution is 0.215. The average Bonchev–Trinajstić information content (AvgIpc) is 2.32. The fourth-order valence-electron chi connectivity index (χ4n) is 2.14. The molecule has 3 nitrogen and oxygen atoms in total. The van der Waals surface area contributed by atoms with E-state index in [1.54, 1.807) is 12.3 Å². The number of nitrogens with zero attached hydrogens (tertiary/aromatic N) is 3. The maximum atomic E-state index is 13.7. The Labute approximate surface area is 94.5 Å². The van der Waals surface area contributed by atoms with Crippen LogP contribution in [0.5, 0.6) is 0 Å². The Morgan fingerprint density at radius 3 is 2.75 bits per heavy atom. The number of piperidine rings is 1. The first kappa shape index (κ1) is 11.0. The molecule has 0 saturated carbocycles. The van der Waals surface area contributed by atoms with Crippen molar-refractivity contribution in [3.8, 4) is 6.07 Å². The third-order valence-corrected chi connectivity index (χ3v) is 3.27. The summed E-state index contributed by atoms with van der Waals surface area (Å²) in [5, 5.41) is 9.33. The summed E-state index contributed by atoms with van der Waals surface area (Å²) < 4.78 is 13.7. The number of rotatable bonds is 1. The Hall–Kier alpha value is -1.47. The first-order valence-electron chi connectivity index (χ1n) is 5.39. The Bertz CT molecular complexity index is 417. The van der Waals surface area contributed by atoms with Crippen LogP contribution in [0.15, 0.2) is 18.3 Å². The Morgan fingerprint density at radius 1 is 1.50 bits per heavy atom. The molecule has 1 aliphatic heterocycles. The van der Waals surface area contributed by atoms with E-state index in [1.807, 2.05) is 7.05 Å². The van der Waals surface area contributed by atoms with Gasteiger partial charge >= 0.3 is 0 Å². The molecule has 0 bridgehead atoms. The van der Waals surface area contributed by atoms with E-state index in [-0.39, 0.29) is 5.82 Å². The third-order valence-electron chi connectivity index (χ3n) is 3.27. The minimum atomic E-state index is -0.738. The minimum Gasteiger partial charge on any atom is -0.306 e. The van der Waals surface area contributed by atoms with Gasteiger partial charge in [-0.05, 0) is 45.1 Å². The van der Waals surface area contributed by atoms with Crippen molar-refractivity contribution in [2.45, 2.75) is 18.3 Å². The number of pyridine rings is 1. The number of hydrogen-bond acceptors (Lipinski definition) is 3. The van der Waals surface area contributed by atoms with E-state index >= 15 is 0 Å². The molecule has 16 heavy (non-hydrogen) atoms. The molecule has 1 aromatic rings. The van der Waals surface area contributed by atoms with Gasteiger partial charge in [0.05, 0.1) is 11.8 Å². The number of halogens is 1. The van der Waals surface area contributed by atoms with Crippen LogP contribution in [-0.4, -0.2) is 30.0 Å². The molecular formula is C12H14FN3. The van der Waals surface area contributed by atoms with Gasteiger partial charge < -0.3 is 4.90 Å². The normalized spacial score (nSPS) is 20.3. The molecule has 1 aliphatic rings. The van der Waals surface area contributed by atoms with Gasteiger partial charge in [-0.15, -0.1) is 0 Å². The fraction of sp³-hybridized carbons (Fsp3) is 0.500. The van der Waals surface area contributed by atoms with E-state index in [1.165, 1.54) is 6.07 Å². The quantitative estimate of drug-likeness (QED) is 0.721. The summed E-state index contributed by atoms with van der Waals surface area (Å²) in [6.07, 6.45) is 2.84. The molecule has 1 aromatic heterocycles. The van der Waals surface area contributed by atoms with Gasteiger partial charge in [-0.3, -0.25) is 4.98 Å². The molecule has 2 rings (SSSR count). The van der Waals surface area contributed by atoms with Crippen molar-refractivity contribution in [2.75, 3.05) is 20.1 Å². The fourth-order valence-corrected chi connectivity index (χ4v) is 2.14. The molecule has 4 heteroatoms. The van der Waals surface area contributed by atoms with Gasteiger partial charge in [-0.2, -0.15) is 5.26 Å². The number of aromatic nitrogens is 1. The molecule has 0 amide bonds. The third kappa shape index (κ3) is 1.79. The summed E-state index contributed by atoms with van der Waals surface area (Å²) in [5.41, 5.74) is -0.427. The molecule has 0 N–H and O–H groups in total. The zero-order chi connectivity index (χ0) is 11.6. The summed E-state index contributed by atoms with van der Waals surface area (Å²) >= 11 is 0. The highest BCUT2D eigenvalue weighted by atomic mass is 19.1. The number of likely N-dealkylation sites (tertiary alicyclic amines) is 1. The topological polar surface area (TPSA) is 39.9 Å². The van der Waals surface area contributed by atoms with Crippen molar-refractivity contribution in [2.24, 2.45) is 0 Å². The Kier molecular flexibility index (Phi) is 2.88. The monoisotopic (exact) mass is 219 g/mol. The van der Waals surface area contributed by atoms with Gasteiger partial charge in [0.15, 0.2) is 0 Å². The highest BCUT2D eigenvalue weighted by molar-refractivity contribution is 5.28. The van der Waals surface area contributed by atoms with Crippen LogP contribution in [0.4, 0.5) is 4.39 Å². The molecular weight excluding hydrogens is 205 g/mol. The minimum absolute atomic E-state index is 0.311. The van der Waals surface area contributed by atoms with Crippen molar-refractivity contribution >= 4 is 0 Å². The number of hydrogen-bond donors (Lipinski definition) is 0. The van der Waals surface area contributed by atoms with Crippen LogP contribution >= 0.6 is 0 Å². The lowest BCUT2D eigenvalue weighted by Gasteiger charge is -2.34. The molecule has 1 saturated heterocycles. The van der Waals surface area contributed by atoms with Crippen molar-refractivity contribution in [3.63, 3.8) is 0 Å². The highest BCUT2D eigenvalue weighted by Gasteiger charge is 2.38. The summed E-state index contributed by atoms with van der Waals surface area (Å²) in [6.45, 7) is 1.62. The molecule has 0 radical (unpaired) electrons. The summed E-state index contributed by atoms with van der Waals surface area (Å²) in [4.78, 5) is 6.20. The Balaban J connectivity index is 2.37. The maximum absolute atomic E-state index is 13.7. The highest BCUT2D eigenvalue weighted by Crippen LogP contribution is 2.34. The molecule has 84 valence electrons. The second-order valence-corrected chi connectivity index (χ2v) is 4.33. The smallest absolute Gasteiger partial charge is 0.146 e. The predicted octanol–water partition coefficient (Wildman–Crippen LogP) is 1.71. The molecule has 0 aliphatic carbocycles. The van der Waals surface area contributed by atoms with Crippen LogP contribution < -0.4 is 0 Å². The zero-order valence-corrected chi connectivity index (χ0v) is 9.28. The predicted molar refractivity (Wildman–Crippen MR) is 58.2 cm³/mol. The molecule has 0 atom stereocenters. The molecule has 2 heterocycles. The second kappa shape index (κ2) is 4.18. The summed E-state index contributed by atoms with van der Waals surface area (Å²) in [7, 11) is 2.01. The standard InChI is InChI=1S/C12H14FN3/c1-16-7-4-12(9-14,5-8-16)11-10(13)3-2-6-15-11/h2-3,6H,4-5,7-8H2,1H3. The summed E-state index contributed by atoms with van der Waals surface area (Å²) in [5.74, 6) is -0.367. The van der Waals surface area contributed by atoms with Gasteiger partial charge in [0, 0.05) is 6.20 Å². The van der Waals surface area contributed by atoms with E-state index in [0.29, 0.717) is 18.5 Å². The zero-order valence-electron chi connectivity index (χ0n) is 9.28. The largest absolute Gasteiger partial charge is 0.306 e. The summed E-state index contributed by atoms with van der Waals surface area (Å²) in [6, 6.07) is 5.20. The lowest BCUT2D eigenvalue weighted by Crippen LogP contribution is -2.41. The molecule has 1 fully saturated rings. The lowest BCUT2D eigenvalue weighted by atomic mass is 9.76. The van der Waals surface area contributed by atoms with Gasteiger partial charge in [-0.25, -0.2) is 4.39 Å². The molecule has 0 unspecified atom stereocenters. The first-order chi connectivity index (χ1) is 7.68. The van der Waals surface area contributed by atoms with Crippen LogP contribution in [0.3, 0.4) is 0 Å². The average molecular weight is 219 g/mol. The van der Waals surface area contributed by atoms with Crippen LogP contribution in [0.25, 0.3) is 0 Å². The van der Waals surface area contributed by atoms with E-state index in [2.05, 4.69) is 16.0 Å². The van der Waals surface area contributed by atoms with Crippen LogP contribution in [0, 0.1) is 17.1 Å². The number of nitriles is 1. The van der Waals surface area contributed by atoms with Gasteiger partial charge in [0.2, 0.25) is 0 Å². The SMILES string of the molecule is CN1CCC(C#N)(c2ncccc2F)CC1. The second-order valence-electron chi connectivity index (χ2n) is 4.33. The van der Waals surface area contributed by atoms with E-state index in [4.69, 9.17) is 0 Å². The van der Waals surface area contributed by atoms with E-state index in [0.717, 1.165) is 13.1 Å².